The van der Waals surface area contributed by atoms with E-state index in [9.17, 15) is 9.59 Å². The number of benzene rings is 1. The lowest BCUT2D eigenvalue weighted by Crippen LogP contribution is -2.34. The molecule has 2 aromatic rings. The summed E-state index contributed by atoms with van der Waals surface area (Å²) in [5, 5.41) is 15.2. The monoisotopic (exact) mass is 394 g/mol. The molecule has 1 aromatic heterocycles. The van der Waals surface area contributed by atoms with E-state index in [4.69, 9.17) is 21.4 Å². The third-order valence-corrected chi connectivity index (χ3v) is 5.39. The Labute approximate surface area is 160 Å². The van der Waals surface area contributed by atoms with Crippen LogP contribution in [0.5, 0.6) is 5.75 Å². The largest absolute Gasteiger partial charge is 0.486 e. The first-order chi connectivity index (χ1) is 12.5. The molecule has 1 saturated carbocycles. The second-order valence-corrected chi connectivity index (χ2v) is 7.64. The van der Waals surface area contributed by atoms with Crippen molar-refractivity contribution < 1.29 is 19.4 Å². The Morgan fingerprint density at radius 1 is 1.31 bits per heavy atom. The number of carbonyl (C=O) groups is 2. The van der Waals surface area contributed by atoms with Crippen LogP contribution in [0.25, 0.3) is 0 Å². The van der Waals surface area contributed by atoms with Crippen LogP contribution in [0.4, 0.5) is 0 Å². The van der Waals surface area contributed by atoms with Crippen LogP contribution in [0.1, 0.15) is 30.0 Å². The predicted molar refractivity (Wildman–Crippen MR) is 98.5 cm³/mol. The molecule has 26 heavy (non-hydrogen) atoms. The molecule has 0 aliphatic heterocycles. The number of nitrogens with one attached hydrogen (secondary N) is 1. The lowest BCUT2D eigenvalue weighted by Gasteiger charge is -2.11. The van der Waals surface area contributed by atoms with Crippen molar-refractivity contribution in [1.82, 2.24) is 10.3 Å². The number of carboxylic acid groups (broad SMARTS) is 1. The zero-order chi connectivity index (χ0) is 18.5. The molecular weight excluding hydrogens is 376 g/mol. The summed E-state index contributed by atoms with van der Waals surface area (Å²) in [6, 6.07) is 7.03. The first kappa shape index (κ1) is 18.7. The highest BCUT2D eigenvalue weighted by Gasteiger charge is 2.30. The zero-order valence-corrected chi connectivity index (χ0v) is 15.6. The van der Waals surface area contributed by atoms with Gasteiger partial charge in [0, 0.05) is 16.4 Å². The number of halogens is 1. The number of aliphatic carboxylic acids is 1. The van der Waals surface area contributed by atoms with Gasteiger partial charge >= 0.3 is 5.97 Å². The van der Waals surface area contributed by atoms with Gasteiger partial charge in [-0.05, 0) is 43.5 Å². The fraction of sp³-hybridized carbons (Fsp3) is 0.389. The Balaban J connectivity index is 1.45. The minimum atomic E-state index is -0.786. The molecule has 1 aliphatic rings. The number of nitrogens with zero attached hydrogens (tertiary/aromatic N) is 1. The van der Waals surface area contributed by atoms with Crippen molar-refractivity contribution in [2.45, 2.75) is 38.3 Å². The van der Waals surface area contributed by atoms with E-state index in [2.05, 4.69) is 10.3 Å². The molecule has 0 radical (unpaired) electrons. The van der Waals surface area contributed by atoms with Gasteiger partial charge in [-0.2, -0.15) is 0 Å². The molecule has 8 heteroatoms. The van der Waals surface area contributed by atoms with Crippen molar-refractivity contribution in [2.24, 2.45) is 5.92 Å². The van der Waals surface area contributed by atoms with Crippen LogP contribution >= 0.6 is 22.9 Å². The van der Waals surface area contributed by atoms with E-state index < -0.39 is 5.97 Å². The first-order valence-electron chi connectivity index (χ1n) is 8.33. The van der Waals surface area contributed by atoms with Gasteiger partial charge in [0.1, 0.15) is 17.4 Å². The van der Waals surface area contributed by atoms with Gasteiger partial charge < -0.3 is 15.2 Å². The molecule has 2 N–H and O–H groups in total. The summed E-state index contributed by atoms with van der Waals surface area (Å²) >= 11 is 7.27. The van der Waals surface area contributed by atoms with E-state index >= 15 is 0 Å². The van der Waals surface area contributed by atoms with Gasteiger partial charge in [0.25, 0.3) is 0 Å². The summed E-state index contributed by atoms with van der Waals surface area (Å²) in [5.74, 6) is -0.558. The summed E-state index contributed by atoms with van der Waals surface area (Å²) in [5.41, 5.74) is 0.690. The van der Waals surface area contributed by atoms with Crippen molar-refractivity contribution in [3.63, 3.8) is 0 Å². The Hall–Kier alpha value is -2.12. The molecule has 0 saturated heterocycles. The maximum Gasteiger partial charge on any atom is 0.306 e. The number of aromatic nitrogens is 1. The van der Waals surface area contributed by atoms with Crippen molar-refractivity contribution in [3.05, 3.63) is 45.4 Å². The van der Waals surface area contributed by atoms with Gasteiger partial charge in [0.15, 0.2) is 0 Å². The highest BCUT2D eigenvalue weighted by Crippen LogP contribution is 2.25. The van der Waals surface area contributed by atoms with Crippen LogP contribution in [0.15, 0.2) is 29.6 Å². The summed E-state index contributed by atoms with van der Waals surface area (Å²) < 4.78 is 5.64. The Morgan fingerprint density at radius 2 is 2.08 bits per heavy atom. The molecule has 1 fully saturated rings. The van der Waals surface area contributed by atoms with E-state index in [1.807, 2.05) is 5.38 Å². The Bertz CT molecular complexity index is 778. The average Bonchev–Trinajstić information content (AvgIpc) is 3.24. The lowest BCUT2D eigenvalue weighted by molar-refractivity contribution is -0.141. The molecule has 1 heterocycles. The number of thiazole rings is 1. The van der Waals surface area contributed by atoms with E-state index in [0.29, 0.717) is 42.3 Å². The van der Waals surface area contributed by atoms with Crippen LogP contribution in [-0.2, 0) is 22.6 Å². The number of hydrogen-bond donors (Lipinski definition) is 2. The van der Waals surface area contributed by atoms with Gasteiger partial charge in [-0.1, -0.05) is 11.6 Å². The van der Waals surface area contributed by atoms with Crippen molar-refractivity contribution in [1.29, 1.82) is 0 Å². The third-order valence-electron chi connectivity index (χ3n) is 4.26. The molecular formula is C18H19ClN2O4S. The van der Waals surface area contributed by atoms with Crippen LogP contribution in [0.2, 0.25) is 5.02 Å². The van der Waals surface area contributed by atoms with Crippen LogP contribution in [-0.4, -0.2) is 28.0 Å². The molecule has 1 aliphatic carbocycles. The van der Waals surface area contributed by atoms with Gasteiger partial charge in [-0.3, -0.25) is 9.59 Å². The number of ether oxygens (including phenoxy) is 1. The Kier molecular flexibility index (Phi) is 6.11. The highest BCUT2D eigenvalue weighted by molar-refractivity contribution is 7.09. The van der Waals surface area contributed by atoms with Gasteiger partial charge in [0.05, 0.1) is 18.0 Å². The van der Waals surface area contributed by atoms with Crippen molar-refractivity contribution in [2.75, 3.05) is 0 Å². The minimum absolute atomic E-state index is 0.0602. The zero-order valence-electron chi connectivity index (χ0n) is 14.0. The SMILES string of the molecule is O=C(Cc1csc(COc2ccc(Cl)cc2)n1)N[C@H]1CC[C@@H](C(=O)O)C1. The van der Waals surface area contributed by atoms with E-state index in [1.165, 1.54) is 11.3 Å². The number of carbonyl (C=O) groups excluding carboxylic acids is 1. The van der Waals surface area contributed by atoms with Crippen molar-refractivity contribution in [3.8, 4) is 5.75 Å². The van der Waals surface area contributed by atoms with Gasteiger partial charge in [-0.15, -0.1) is 11.3 Å². The summed E-state index contributed by atoms with van der Waals surface area (Å²) in [6.45, 7) is 0.330. The fourth-order valence-corrected chi connectivity index (χ4v) is 3.78. The van der Waals surface area contributed by atoms with E-state index in [0.717, 1.165) is 5.01 Å². The standard InChI is InChI=1S/C18H19ClN2O4S/c19-12-2-5-15(6-3-12)25-9-17-21-14(10-26-17)8-16(22)20-13-4-1-11(7-13)18(23)24/h2-3,5-6,10-11,13H,1,4,7-9H2,(H,20,22)(H,23,24)/t11-,13+/m1/s1. The topological polar surface area (TPSA) is 88.5 Å². The molecule has 1 aromatic carbocycles. The molecule has 1 amide bonds. The maximum atomic E-state index is 12.1. The van der Waals surface area contributed by atoms with Crippen LogP contribution in [0, 0.1) is 5.92 Å². The number of carboxylic acids is 1. The first-order valence-corrected chi connectivity index (χ1v) is 9.59. The van der Waals surface area contributed by atoms with Gasteiger partial charge in [-0.25, -0.2) is 4.98 Å². The van der Waals surface area contributed by atoms with E-state index in [-0.39, 0.29) is 24.3 Å². The van der Waals surface area contributed by atoms with Crippen LogP contribution < -0.4 is 10.1 Å². The molecule has 0 spiro atoms. The molecule has 2 atom stereocenters. The second kappa shape index (κ2) is 8.51. The molecule has 0 bridgehead atoms. The number of hydrogen-bond acceptors (Lipinski definition) is 5. The fourth-order valence-electron chi connectivity index (χ4n) is 2.95. The summed E-state index contributed by atoms with van der Waals surface area (Å²) in [6.07, 6.45) is 2.01. The van der Waals surface area contributed by atoms with Gasteiger partial charge in [0.2, 0.25) is 5.91 Å². The van der Waals surface area contributed by atoms with E-state index in [1.54, 1.807) is 24.3 Å². The number of amides is 1. The quantitative estimate of drug-likeness (QED) is 0.752. The molecule has 6 nitrogen and oxygen atoms in total. The summed E-state index contributed by atoms with van der Waals surface area (Å²) in [7, 11) is 0. The molecule has 0 unspecified atom stereocenters. The minimum Gasteiger partial charge on any atom is -0.486 e. The number of rotatable bonds is 7. The maximum absolute atomic E-state index is 12.1. The normalized spacial score (nSPS) is 19.3. The average molecular weight is 395 g/mol. The smallest absolute Gasteiger partial charge is 0.306 e. The summed E-state index contributed by atoms with van der Waals surface area (Å²) in [4.78, 5) is 27.5. The lowest BCUT2D eigenvalue weighted by atomic mass is 10.1. The highest BCUT2D eigenvalue weighted by atomic mass is 35.5. The van der Waals surface area contributed by atoms with Crippen molar-refractivity contribution >= 4 is 34.8 Å². The van der Waals surface area contributed by atoms with Crippen LogP contribution in [0.3, 0.4) is 0 Å². The molecule has 138 valence electrons. The Morgan fingerprint density at radius 3 is 2.77 bits per heavy atom. The second-order valence-electron chi connectivity index (χ2n) is 6.26. The third kappa shape index (κ3) is 5.19. The predicted octanol–water partition coefficient (Wildman–Crippen LogP) is 3.29. The molecule has 3 rings (SSSR count).